The normalized spacial score (nSPS) is 10.9. The van der Waals surface area contributed by atoms with Crippen molar-refractivity contribution in [1.29, 1.82) is 0 Å². The maximum Gasteiger partial charge on any atom is 0.348 e. The number of hydrogen-bond donors (Lipinski definition) is 1. The number of benzene rings is 4. The van der Waals surface area contributed by atoms with Crippen LogP contribution in [0.1, 0.15) is 31.8 Å². The third-order valence-corrected chi connectivity index (χ3v) is 6.01. The molecule has 0 aliphatic heterocycles. The number of carbonyl (C=O) groups is 3. The van der Waals surface area contributed by atoms with E-state index in [0.717, 1.165) is 4.47 Å². The fraction of sp³-hybridized carbons (Fsp3) is 0.0690. The molecule has 0 spiro atoms. The molecule has 36 heavy (non-hydrogen) atoms. The lowest BCUT2D eigenvalue weighted by Crippen LogP contribution is -2.39. The van der Waals surface area contributed by atoms with Gasteiger partial charge in [-0.3, -0.25) is 4.79 Å². The predicted octanol–water partition coefficient (Wildman–Crippen LogP) is 5.33. The minimum atomic E-state index is -2.08. The number of rotatable bonds is 8. The zero-order valence-corrected chi connectivity index (χ0v) is 20.6. The van der Waals surface area contributed by atoms with Gasteiger partial charge >= 0.3 is 11.9 Å². The zero-order valence-electron chi connectivity index (χ0n) is 19.0. The molecule has 0 amide bonds. The summed E-state index contributed by atoms with van der Waals surface area (Å²) in [6, 6.07) is 29.4. The van der Waals surface area contributed by atoms with Crippen molar-refractivity contribution in [3.05, 3.63) is 136 Å². The maximum atomic E-state index is 13.0. The number of carbonyl (C=O) groups excluding carboxylic acids is 3. The molecule has 0 aliphatic rings. The molecule has 0 atom stereocenters. The predicted molar refractivity (Wildman–Crippen MR) is 137 cm³/mol. The van der Waals surface area contributed by atoms with Crippen LogP contribution >= 0.6 is 15.9 Å². The molecule has 0 saturated carbocycles. The van der Waals surface area contributed by atoms with Crippen LogP contribution in [0.5, 0.6) is 5.75 Å². The lowest BCUT2D eigenvalue weighted by atomic mass is 9.86. The van der Waals surface area contributed by atoms with Crippen LogP contribution in [0.15, 0.2) is 114 Å². The third kappa shape index (κ3) is 5.59. The van der Waals surface area contributed by atoms with Gasteiger partial charge in [0.2, 0.25) is 5.60 Å². The van der Waals surface area contributed by atoms with Gasteiger partial charge < -0.3 is 14.6 Å². The minimum absolute atomic E-state index is 0.259. The average molecular weight is 545 g/mol. The summed E-state index contributed by atoms with van der Waals surface area (Å²) in [5.74, 6) is -1.71. The van der Waals surface area contributed by atoms with Gasteiger partial charge in [0.05, 0.1) is 5.56 Å². The maximum absolute atomic E-state index is 13.0. The highest BCUT2D eigenvalue weighted by atomic mass is 79.9. The van der Waals surface area contributed by atoms with Crippen LogP contribution in [0.3, 0.4) is 0 Å². The fourth-order valence-electron chi connectivity index (χ4n) is 3.54. The number of hydrogen-bond acceptors (Lipinski definition) is 6. The van der Waals surface area contributed by atoms with Gasteiger partial charge in [0.1, 0.15) is 5.75 Å². The number of halogens is 1. The molecule has 7 heteroatoms. The Hall–Kier alpha value is -4.07. The van der Waals surface area contributed by atoms with Crippen molar-refractivity contribution in [2.24, 2.45) is 0 Å². The lowest BCUT2D eigenvalue weighted by Gasteiger charge is -2.26. The summed E-state index contributed by atoms with van der Waals surface area (Å²) in [4.78, 5) is 38.0. The van der Waals surface area contributed by atoms with Crippen LogP contribution in [-0.4, -0.2) is 29.4 Å². The average Bonchev–Trinajstić information content (AvgIpc) is 2.92. The second kappa shape index (κ2) is 11.1. The van der Waals surface area contributed by atoms with Crippen LogP contribution in [0.25, 0.3) is 0 Å². The number of esters is 2. The monoisotopic (exact) mass is 544 g/mol. The molecule has 0 aliphatic carbocycles. The van der Waals surface area contributed by atoms with Crippen molar-refractivity contribution in [1.82, 2.24) is 0 Å². The Morgan fingerprint density at radius 1 is 0.694 bits per heavy atom. The van der Waals surface area contributed by atoms with Crippen LogP contribution in [0.2, 0.25) is 0 Å². The molecule has 1 N–H and O–H groups in total. The number of aliphatic hydroxyl groups is 1. The molecule has 4 rings (SSSR count). The molecule has 0 unspecified atom stereocenters. The quantitative estimate of drug-likeness (QED) is 0.183. The van der Waals surface area contributed by atoms with E-state index in [9.17, 15) is 19.5 Å². The third-order valence-electron chi connectivity index (χ3n) is 5.48. The van der Waals surface area contributed by atoms with Gasteiger partial charge in [0.15, 0.2) is 12.4 Å². The van der Waals surface area contributed by atoms with E-state index in [4.69, 9.17) is 9.47 Å². The molecule has 180 valence electrons. The van der Waals surface area contributed by atoms with E-state index in [1.807, 2.05) is 0 Å². The lowest BCUT2D eigenvalue weighted by molar-refractivity contribution is -0.160. The Balaban J connectivity index is 1.42. The molecule has 0 radical (unpaired) electrons. The van der Waals surface area contributed by atoms with E-state index in [1.165, 1.54) is 24.3 Å². The van der Waals surface area contributed by atoms with Gasteiger partial charge in [0, 0.05) is 10.0 Å². The number of ketones is 1. The topological polar surface area (TPSA) is 89.9 Å². The Morgan fingerprint density at radius 3 is 1.72 bits per heavy atom. The SMILES string of the molecule is O=C(COC(=O)C(O)(c1ccccc1)c1ccccc1)c1ccc(OC(=O)c2ccc(Br)cc2)cc1. The van der Waals surface area contributed by atoms with Gasteiger partial charge in [-0.05, 0) is 59.7 Å². The van der Waals surface area contributed by atoms with Crippen molar-refractivity contribution >= 4 is 33.7 Å². The van der Waals surface area contributed by atoms with Gasteiger partial charge in [-0.2, -0.15) is 0 Å². The van der Waals surface area contributed by atoms with Crippen LogP contribution in [-0.2, 0) is 15.1 Å². The molecule has 4 aromatic carbocycles. The summed E-state index contributed by atoms with van der Waals surface area (Å²) in [7, 11) is 0. The van der Waals surface area contributed by atoms with Crippen LogP contribution in [0.4, 0.5) is 0 Å². The molecule has 0 bridgehead atoms. The molecule has 6 nitrogen and oxygen atoms in total. The second-order valence-corrected chi connectivity index (χ2v) is 8.78. The summed E-state index contributed by atoms with van der Waals surface area (Å²) in [6.45, 7) is -0.571. The molecule has 0 saturated heterocycles. The van der Waals surface area contributed by atoms with Crippen molar-refractivity contribution in [3.8, 4) is 5.75 Å². The molecule has 0 aromatic heterocycles. The first-order chi connectivity index (χ1) is 17.4. The van der Waals surface area contributed by atoms with Crippen LogP contribution in [0, 0.1) is 0 Å². The van der Waals surface area contributed by atoms with Gasteiger partial charge in [0.25, 0.3) is 0 Å². The van der Waals surface area contributed by atoms with Crippen molar-refractivity contribution in [2.75, 3.05) is 6.61 Å². The van der Waals surface area contributed by atoms with E-state index in [2.05, 4.69) is 15.9 Å². The van der Waals surface area contributed by atoms with Gasteiger partial charge in [-0.1, -0.05) is 76.6 Å². The van der Waals surface area contributed by atoms with Crippen molar-refractivity contribution in [3.63, 3.8) is 0 Å². The van der Waals surface area contributed by atoms with E-state index >= 15 is 0 Å². The summed E-state index contributed by atoms with van der Waals surface area (Å²) in [6.07, 6.45) is 0. The molecule has 0 fully saturated rings. The minimum Gasteiger partial charge on any atom is -0.455 e. The smallest absolute Gasteiger partial charge is 0.348 e. The summed E-state index contributed by atoms with van der Waals surface area (Å²) in [5.41, 5.74) is -0.784. The second-order valence-electron chi connectivity index (χ2n) is 7.86. The van der Waals surface area contributed by atoms with Crippen LogP contribution < -0.4 is 4.74 Å². The molecular formula is C29H21BrO6. The zero-order chi connectivity index (χ0) is 25.5. The largest absolute Gasteiger partial charge is 0.455 e. The summed E-state index contributed by atoms with van der Waals surface area (Å²) >= 11 is 3.31. The summed E-state index contributed by atoms with van der Waals surface area (Å²) in [5, 5.41) is 11.4. The highest BCUT2D eigenvalue weighted by Gasteiger charge is 2.41. The summed E-state index contributed by atoms with van der Waals surface area (Å²) < 4.78 is 11.4. The van der Waals surface area contributed by atoms with E-state index in [-0.39, 0.29) is 11.3 Å². The van der Waals surface area contributed by atoms with Crippen molar-refractivity contribution < 1.29 is 29.0 Å². The first-order valence-electron chi connectivity index (χ1n) is 11.0. The van der Waals surface area contributed by atoms with E-state index < -0.39 is 29.9 Å². The Kier molecular flexibility index (Phi) is 7.73. The van der Waals surface area contributed by atoms with E-state index in [1.54, 1.807) is 84.9 Å². The van der Waals surface area contributed by atoms with Gasteiger partial charge in [-0.15, -0.1) is 0 Å². The first kappa shape index (κ1) is 25.0. The number of ether oxygens (including phenoxy) is 2. The molecular weight excluding hydrogens is 524 g/mol. The number of Topliss-reactive ketones (excluding diaryl/α,β-unsaturated/α-hetero) is 1. The van der Waals surface area contributed by atoms with E-state index in [0.29, 0.717) is 16.7 Å². The Labute approximate surface area is 216 Å². The first-order valence-corrected chi connectivity index (χ1v) is 11.8. The fourth-order valence-corrected chi connectivity index (χ4v) is 3.81. The highest BCUT2D eigenvalue weighted by molar-refractivity contribution is 9.10. The molecule has 4 aromatic rings. The standard InChI is InChI=1S/C29H21BrO6/c30-24-15-11-21(12-16-24)27(32)36-25-17-13-20(14-18-25)26(31)19-35-28(33)29(34,22-7-3-1-4-8-22)23-9-5-2-6-10-23/h1-18,34H,19H2. The molecule has 0 heterocycles. The Bertz CT molecular complexity index is 1310. The Morgan fingerprint density at radius 2 is 1.19 bits per heavy atom. The van der Waals surface area contributed by atoms with Gasteiger partial charge in [-0.25, -0.2) is 9.59 Å². The highest BCUT2D eigenvalue weighted by Crippen LogP contribution is 2.31. The van der Waals surface area contributed by atoms with Crippen molar-refractivity contribution in [2.45, 2.75) is 5.60 Å².